The van der Waals surface area contributed by atoms with Gasteiger partial charge in [0.15, 0.2) is 11.6 Å². The Bertz CT molecular complexity index is 462. The fourth-order valence-corrected chi connectivity index (χ4v) is 1.32. The van der Waals surface area contributed by atoms with Crippen LogP contribution in [0.1, 0.15) is 5.69 Å². The van der Waals surface area contributed by atoms with Gasteiger partial charge in [0.05, 0.1) is 30.6 Å². The fourth-order valence-electron chi connectivity index (χ4n) is 1.32. The monoisotopic (exact) mass is 187 g/mol. The van der Waals surface area contributed by atoms with Crippen molar-refractivity contribution in [3.05, 3.63) is 30.3 Å². The number of nitrogens with zero attached hydrogens (tertiary/aromatic N) is 3. The number of hydrogen-bond donors (Lipinski definition) is 0. The number of furan rings is 1. The first-order chi connectivity index (χ1) is 6.83. The van der Waals surface area contributed by atoms with Crippen LogP contribution in [0.5, 0.6) is 0 Å². The third kappa shape index (κ3) is 1.29. The lowest BCUT2D eigenvalue weighted by Gasteiger charge is -1.99. The van der Waals surface area contributed by atoms with Crippen molar-refractivity contribution in [3.63, 3.8) is 0 Å². The second-order valence-corrected chi connectivity index (χ2v) is 2.94. The van der Waals surface area contributed by atoms with Crippen LogP contribution >= 0.6 is 0 Å². The summed E-state index contributed by atoms with van der Waals surface area (Å²) in [5.41, 5.74) is 0.888. The van der Waals surface area contributed by atoms with E-state index in [2.05, 4.69) is 11.1 Å². The molecule has 0 aliphatic rings. The van der Waals surface area contributed by atoms with E-state index in [1.807, 2.05) is 23.7 Å². The van der Waals surface area contributed by atoms with Crippen molar-refractivity contribution in [3.8, 4) is 17.7 Å². The Morgan fingerprint density at radius 3 is 3.14 bits per heavy atom. The zero-order valence-electron chi connectivity index (χ0n) is 7.77. The molecule has 2 heterocycles. The molecule has 14 heavy (non-hydrogen) atoms. The highest BCUT2D eigenvalue weighted by Crippen LogP contribution is 2.18. The van der Waals surface area contributed by atoms with E-state index in [1.54, 1.807) is 12.5 Å². The molecule has 0 unspecified atom stereocenters. The molecule has 0 bridgehead atoms. The van der Waals surface area contributed by atoms with Crippen LogP contribution in [0, 0.1) is 11.3 Å². The highest BCUT2D eigenvalue weighted by atomic mass is 16.3. The van der Waals surface area contributed by atoms with E-state index in [9.17, 15) is 0 Å². The quantitative estimate of drug-likeness (QED) is 0.719. The van der Waals surface area contributed by atoms with E-state index in [1.165, 1.54) is 0 Å². The molecule has 0 saturated carbocycles. The van der Waals surface area contributed by atoms with E-state index < -0.39 is 0 Å². The van der Waals surface area contributed by atoms with Crippen molar-refractivity contribution in [2.45, 2.75) is 6.42 Å². The van der Waals surface area contributed by atoms with Gasteiger partial charge in [0.1, 0.15) is 0 Å². The van der Waals surface area contributed by atoms with Crippen molar-refractivity contribution < 1.29 is 4.42 Å². The minimum Gasteiger partial charge on any atom is -0.461 e. The number of rotatable bonds is 2. The Labute approximate surface area is 81.4 Å². The molecule has 0 saturated heterocycles. The summed E-state index contributed by atoms with van der Waals surface area (Å²) < 4.78 is 7.09. The van der Waals surface area contributed by atoms with E-state index >= 15 is 0 Å². The second-order valence-electron chi connectivity index (χ2n) is 2.94. The van der Waals surface area contributed by atoms with Crippen molar-refractivity contribution in [1.82, 2.24) is 9.55 Å². The maximum absolute atomic E-state index is 8.57. The summed E-state index contributed by atoms with van der Waals surface area (Å²) >= 11 is 0. The standard InChI is InChI=1S/C10H9N3O/c1-13-8(4-5-11)7-12-10(13)9-3-2-6-14-9/h2-3,6-7H,4H2,1H3. The number of imidazole rings is 1. The fraction of sp³-hybridized carbons (Fsp3) is 0.200. The lowest BCUT2D eigenvalue weighted by Crippen LogP contribution is -1.96. The van der Waals surface area contributed by atoms with E-state index in [-0.39, 0.29) is 0 Å². The van der Waals surface area contributed by atoms with Crippen molar-refractivity contribution >= 4 is 0 Å². The van der Waals surface area contributed by atoms with E-state index in [0.717, 1.165) is 17.3 Å². The zero-order chi connectivity index (χ0) is 9.97. The SMILES string of the molecule is Cn1c(CC#N)cnc1-c1ccco1. The van der Waals surface area contributed by atoms with Gasteiger partial charge in [0.2, 0.25) is 0 Å². The molecule has 0 N–H and O–H groups in total. The lowest BCUT2D eigenvalue weighted by molar-refractivity contribution is 0.573. The first-order valence-corrected chi connectivity index (χ1v) is 4.24. The average molecular weight is 187 g/mol. The predicted molar refractivity (Wildman–Crippen MR) is 50.2 cm³/mol. The van der Waals surface area contributed by atoms with Gasteiger partial charge in [-0.05, 0) is 12.1 Å². The van der Waals surface area contributed by atoms with Gasteiger partial charge < -0.3 is 8.98 Å². The second kappa shape index (κ2) is 3.38. The maximum Gasteiger partial charge on any atom is 0.176 e. The van der Waals surface area contributed by atoms with E-state index in [0.29, 0.717) is 6.42 Å². The number of hydrogen-bond acceptors (Lipinski definition) is 3. The van der Waals surface area contributed by atoms with Gasteiger partial charge in [-0.3, -0.25) is 0 Å². The smallest absolute Gasteiger partial charge is 0.176 e. The summed E-state index contributed by atoms with van der Waals surface area (Å²) in [4.78, 5) is 4.19. The number of nitriles is 1. The summed E-state index contributed by atoms with van der Waals surface area (Å²) in [5, 5.41) is 8.57. The van der Waals surface area contributed by atoms with Crippen LogP contribution in [0.15, 0.2) is 29.0 Å². The molecule has 0 atom stereocenters. The molecule has 0 amide bonds. The predicted octanol–water partition coefficient (Wildman–Crippen LogP) is 1.75. The Kier molecular flexibility index (Phi) is 2.07. The van der Waals surface area contributed by atoms with Crippen LogP contribution in [-0.4, -0.2) is 9.55 Å². The Morgan fingerprint density at radius 2 is 2.50 bits per heavy atom. The topological polar surface area (TPSA) is 54.8 Å². The Morgan fingerprint density at radius 1 is 1.64 bits per heavy atom. The molecule has 0 aliphatic carbocycles. The van der Waals surface area contributed by atoms with Gasteiger partial charge in [0, 0.05) is 7.05 Å². The zero-order valence-corrected chi connectivity index (χ0v) is 7.77. The minimum absolute atomic E-state index is 0.365. The van der Waals surface area contributed by atoms with E-state index in [4.69, 9.17) is 9.68 Å². The van der Waals surface area contributed by atoms with Crippen LogP contribution in [0.25, 0.3) is 11.6 Å². The summed E-state index contributed by atoms with van der Waals surface area (Å²) in [6.07, 6.45) is 3.67. The summed E-state index contributed by atoms with van der Waals surface area (Å²) in [7, 11) is 1.87. The third-order valence-corrected chi connectivity index (χ3v) is 2.09. The summed E-state index contributed by atoms with van der Waals surface area (Å²) in [5.74, 6) is 1.47. The van der Waals surface area contributed by atoms with Gasteiger partial charge in [-0.15, -0.1) is 0 Å². The Hall–Kier alpha value is -2.02. The Balaban J connectivity index is 2.42. The van der Waals surface area contributed by atoms with Gasteiger partial charge >= 0.3 is 0 Å². The molecule has 70 valence electrons. The largest absolute Gasteiger partial charge is 0.461 e. The molecule has 4 heteroatoms. The molecule has 0 radical (unpaired) electrons. The molecule has 2 aromatic rings. The number of aromatic nitrogens is 2. The first kappa shape index (κ1) is 8.57. The van der Waals surface area contributed by atoms with Crippen LogP contribution in [0.2, 0.25) is 0 Å². The maximum atomic E-state index is 8.57. The average Bonchev–Trinajstić information content (AvgIpc) is 2.77. The lowest BCUT2D eigenvalue weighted by atomic mass is 10.3. The normalized spacial score (nSPS) is 10.0. The van der Waals surface area contributed by atoms with Crippen LogP contribution in [0.4, 0.5) is 0 Å². The molecule has 0 aromatic carbocycles. The molecule has 4 nitrogen and oxygen atoms in total. The van der Waals surface area contributed by atoms with Gasteiger partial charge in [-0.25, -0.2) is 4.98 Å². The highest BCUT2D eigenvalue weighted by Gasteiger charge is 2.09. The molecule has 2 rings (SSSR count). The van der Waals surface area contributed by atoms with Crippen molar-refractivity contribution in [1.29, 1.82) is 5.26 Å². The first-order valence-electron chi connectivity index (χ1n) is 4.24. The molecular weight excluding hydrogens is 178 g/mol. The minimum atomic E-state index is 0.365. The molecule has 0 aliphatic heterocycles. The van der Waals surface area contributed by atoms with Crippen molar-refractivity contribution in [2.24, 2.45) is 7.05 Å². The third-order valence-electron chi connectivity index (χ3n) is 2.09. The van der Waals surface area contributed by atoms with Gasteiger partial charge in [-0.1, -0.05) is 0 Å². The van der Waals surface area contributed by atoms with Gasteiger partial charge in [0.25, 0.3) is 0 Å². The molecule has 0 fully saturated rings. The highest BCUT2D eigenvalue weighted by molar-refractivity contribution is 5.47. The molecule has 2 aromatic heterocycles. The van der Waals surface area contributed by atoms with Crippen LogP contribution in [-0.2, 0) is 13.5 Å². The molecule has 0 spiro atoms. The van der Waals surface area contributed by atoms with Crippen LogP contribution < -0.4 is 0 Å². The van der Waals surface area contributed by atoms with Gasteiger partial charge in [-0.2, -0.15) is 5.26 Å². The molecular formula is C10H9N3O. The summed E-state index contributed by atoms with van der Waals surface area (Å²) in [6, 6.07) is 5.75. The summed E-state index contributed by atoms with van der Waals surface area (Å²) in [6.45, 7) is 0. The van der Waals surface area contributed by atoms with Crippen LogP contribution in [0.3, 0.4) is 0 Å². The van der Waals surface area contributed by atoms with Crippen molar-refractivity contribution in [2.75, 3.05) is 0 Å².